The van der Waals surface area contributed by atoms with E-state index >= 15 is 0 Å². The molecule has 0 radical (unpaired) electrons. The predicted molar refractivity (Wildman–Crippen MR) is 78.3 cm³/mol. The number of ether oxygens (including phenoxy) is 3. The van der Waals surface area contributed by atoms with Crippen LogP contribution in [0.2, 0.25) is 0 Å². The van der Waals surface area contributed by atoms with Gasteiger partial charge in [-0.3, -0.25) is 0 Å². The summed E-state index contributed by atoms with van der Waals surface area (Å²) in [5, 5.41) is 8.90. The Labute approximate surface area is 140 Å². The van der Waals surface area contributed by atoms with Crippen molar-refractivity contribution in [2.24, 2.45) is 0 Å². The van der Waals surface area contributed by atoms with Crippen molar-refractivity contribution >= 4 is 0 Å². The Balaban J connectivity index is 2.40. The van der Waals surface area contributed by atoms with Gasteiger partial charge in [0.1, 0.15) is 13.3 Å². The first-order chi connectivity index (χ1) is 12.0. The Morgan fingerprint density at radius 1 is 1.20 bits per heavy atom. The minimum Gasteiger partial charge on any atom is -0.493 e. The zero-order valence-electron chi connectivity index (χ0n) is 12.9. The number of methoxy groups -OCH3 is 1. The minimum atomic E-state index is -1.66. The van der Waals surface area contributed by atoms with Gasteiger partial charge in [-0.05, 0) is 12.1 Å². The van der Waals surface area contributed by atoms with E-state index in [0.29, 0.717) is 6.20 Å². The summed E-state index contributed by atoms with van der Waals surface area (Å²) in [6, 6.07) is 5.98. The van der Waals surface area contributed by atoms with Gasteiger partial charge in [0.05, 0.1) is 24.9 Å². The molecule has 0 saturated carbocycles. The first-order valence-corrected chi connectivity index (χ1v) is 6.92. The fourth-order valence-electron chi connectivity index (χ4n) is 1.81. The van der Waals surface area contributed by atoms with E-state index < -0.39 is 42.7 Å². The fraction of sp³-hybridized carbons (Fsp3) is 0.250. The average molecular weight is 356 g/mol. The summed E-state index contributed by atoms with van der Waals surface area (Å²) in [6.07, 6.45) is -1.07. The molecule has 0 atom stereocenters. The molecule has 0 fully saturated rings. The third-order valence-electron chi connectivity index (χ3n) is 3.03. The number of pyridine rings is 1. The lowest BCUT2D eigenvalue weighted by Gasteiger charge is -2.15. The predicted octanol–water partition coefficient (Wildman–Crippen LogP) is 3.72. The summed E-state index contributed by atoms with van der Waals surface area (Å²) in [7, 11) is 1.32. The zero-order valence-corrected chi connectivity index (χ0v) is 12.9. The molecule has 0 bridgehead atoms. The molecule has 0 amide bonds. The molecule has 1 heterocycles. The summed E-state index contributed by atoms with van der Waals surface area (Å²) in [5.74, 6) is -4.23. The van der Waals surface area contributed by atoms with Crippen LogP contribution >= 0.6 is 0 Å². The topological polar surface area (TPSA) is 64.4 Å². The quantitative estimate of drug-likeness (QED) is 0.708. The van der Waals surface area contributed by atoms with Gasteiger partial charge >= 0.3 is 0 Å². The van der Waals surface area contributed by atoms with Crippen molar-refractivity contribution in [3.8, 4) is 29.2 Å². The van der Waals surface area contributed by atoms with Gasteiger partial charge in [-0.2, -0.15) is 9.65 Å². The van der Waals surface area contributed by atoms with Crippen molar-refractivity contribution in [2.45, 2.75) is 6.10 Å². The second-order valence-electron chi connectivity index (χ2n) is 4.68. The van der Waals surface area contributed by atoms with Gasteiger partial charge in [-0.1, -0.05) is 0 Å². The first-order valence-electron chi connectivity index (χ1n) is 6.92. The fourth-order valence-corrected chi connectivity index (χ4v) is 1.81. The van der Waals surface area contributed by atoms with Crippen molar-refractivity contribution in [3.05, 3.63) is 41.6 Å². The maximum absolute atomic E-state index is 14.4. The molecule has 0 aliphatic rings. The molecule has 0 N–H and O–H groups in total. The second kappa shape index (κ2) is 8.19. The van der Waals surface area contributed by atoms with Crippen LogP contribution in [0.15, 0.2) is 24.4 Å². The number of nitrogens with zero attached hydrogens (tertiary/aromatic N) is 2. The molecule has 25 heavy (non-hydrogen) atoms. The Bertz CT molecular complexity index is 792. The molecule has 1 aromatic carbocycles. The van der Waals surface area contributed by atoms with Gasteiger partial charge in [-0.25, -0.2) is 18.2 Å². The number of halogens is 4. The Morgan fingerprint density at radius 3 is 2.52 bits per heavy atom. The third kappa shape index (κ3) is 4.09. The molecule has 0 aliphatic carbocycles. The highest BCUT2D eigenvalue weighted by atomic mass is 19.1. The summed E-state index contributed by atoms with van der Waals surface area (Å²) in [4.78, 5) is 3.45. The summed E-state index contributed by atoms with van der Waals surface area (Å²) < 4.78 is 68.0. The zero-order chi connectivity index (χ0) is 18.4. The van der Waals surface area contributed by atoms with Gasteiger partial charge in [-0.15, -0.1) is 0 Å². The van der Waals surface area contributed by atoms with E-state index in [4.69, 9.17) is 14.7 Å². The van der Waals surface area contributed by atoms with E-state index in [1.54, 1.807) is 0 Å². The lowest BCUT2D eigenvalue weighted by atomic mass is 10.2. The largest absolute Gasteiger partial charge is 0.493 e. The van der Waals surface area contributed by atoms with Crippen LogP contribution in [0, 0.1) is 23.0 Å². The Hall–Kier alpha value is -3.02. The molecule has 9 heteroatoms. The molecule has 0 saturated heterocycles. The average Bonchev–Trinajstić information content (AvgIpc) is 2.64. The van der Waals surface area contributed by atoms with Crippen molar-refractivity contribution < 1.29 is 31.8 Å². The molecule has 2 aromatic rings. The molecule has 132 valence electrons. The number of hydrogen-bond acceptors (Lipinski definition) is 5. The Morgan fingerprint density at radius 2 is 1.92 bits per heavy atom. The highest BCUT2D eigenvalue weighted by Crippen LogP contribution is 2.35. The third-order valence-corrected chi connectivity index (χ3v) is 3.03. The molecular weight excluding hydrogens is 344 g/mol. The lowest BCUT2D eigenvalue weighted by Crippen LogP contribution is -2.22. The standard InChI is InChI=1S/C16H12F4N2O3/c1-23-12-3-2-9(7-21)4-13(12)25-16-14(20)15(11(19)8-22-16)24-10(5-17)6-18/h2-4,8,10H,5-6H2,1H3. The van der Waals surface area contributed by atoms with Crippen LogP contribution in [0.25, 0.3) is 0 Å². The van der Waals surface area contributed by atoms with Crippen LogP contribution in [0.1, 0.15) is 5.56 Å². The molecule has 0 spiro atoms. The maximum atomic E-state index is 14.4. The Kier molecular flexibility index (Phi) is 6.00. The molecule has 0 unspecified atom stereocenters. The van der Waals surface area contributed by atoms with Crippen LogP contribution in [0.5, 0.6) is 23.1 Å². The monoisotopic (exact) mass is 356 g/mol. The highest BCUT2D eigenvalue weighted by molar-refractivity contribution is 5.48. The number of nitriles is 1. The van der Waals surface area contributed by atoms with Gasteiger partial charge in [0.15, 0.2) is 29.2 Å². The minimum absolute atomic E-state index is 0.0574. The number of alkyl halides is 2. The van der Waals surface area contributed by atoms with E-state index in [1.165, 1.54) is 25.3 Å². The van der Waals surface area contributed by atoms with Crippen LogP contribution in [-0.4, -0.2) is 31.5 Å². The second-order valence-corrected chi connectivity index (χ2v) is 4.68. The van der Waals surface area contributed by atoms with E-state index in [9.17, 15) is 17.6 Å². The van der Waals surface area contributed by atoms with Crippen LogP contribution < -0.4 is 14.2 Å². The molecule has 0 aliphatic heterocycles. The van der Waals surface area contributed by atoms with Crippen molar-refractivity contribution in [2.75, 3.05) is 20.5 Å². The summed E-state index contributed by atoms with van der Waals surface area (Å²) in [6.45, 7) is -2.54. The van der Waals surface area contributed by atoms with Crippen LogP contribution in [0.4, 0.5) is 17.6 Å². The van der Waals surface area contributed by atoms with Crippen LogP contribution in [-0.2, 0) is 0 Å². The van der Waals surface area contributed by atoms with E-state index in [2.05, 4.69) is 9.72 Å². The van der Waals surface area contributed by atoms with Crippen molar-refractivity contribution in [1.82, 2.24) is 4.98 Å². The van der Waals surface area contributed by atoms with Crippen LogP contribution in [0.3, 0.4) is 0 Å². The number of rotatable bonds is 7. The summed E-state index contributed by atoms with van der Waals surface area (Å²) >= 11 is 0. The molecule has 5 nitrogen and oxygen atoms in total. The number of aromatic nitrogens is 1. The van der Waals surface area contributed by atoms with E-state index in [-0.39, 0.29) is 17.1 Å². The highest BCUT2D eigenvalue weighted by Gasteiger charge is 2.23. The van der Waals surface area contributed by atoms with Crippen molar-refractivity contribution in [3.63, 3.8) is 0 Å². The smallest absolute Gasteiger partial charge is 0.260 e. The first kappa shape index (κ1) is 18.3. The number of benzene rings is 1. The maximum Gasteiger partial charge on any atom is 0.260 e. The van der Waals surface area contributed by atoms with Gasteiger partial charge in [0.2, 0.25) is 5.82 Å². The SMILES string of the molecule is COc1ccc(C#N)cc1Oc1ncc(F)c(OC(CF)CF)c1F. The van der Waals surface area contributed by atoms with Gasteiger partial charge in [0, 0.05) is 6.07 Å². The molecule has 2 rings (SSSR count). The van der Waals surface area contributed by atoms with E-state index in [1.807, 2.05) is 6.07 Å². The van der Waals surface area contributed by atoms with Crippen molar-refractivity contribution in [1.29, 1.82) is 5.26 Å². The lowest BCUT2D eigenvalue weighted by molar-refractivity contribution is 0.122. The summed E-state index contributed by atoms with van der Waals surface area (Å²) in [5.41, 5.74) is 0.199. The normalized spacial score (nSPS) is 10.4. The van der Waals surface area contributed by atoms with Gasteiger partial charge in [0.25, 0.3) is 5.88 Å². The van der Waals surface area contributed by atoms with E-state index in [0.717, 1.165) is 0 Å². The molecule has 1 aromatic heterocycles. The molecular formula is C16H12F4N2O3. The van der Waals surface area contributed by atoms with Gasteiger partial charge < -0.3 is 14.2 Å². The number of hydrogen-bond donors (Lipinski definition) is 0.